The van der Waals surface area contributed by atoms with Gasteiger partial charge in [0, 0.05) is 18.7 Å². The number of carbonyl (C=O) groups is 1. The molecule has 0 aromatic heterocycles. The summed E-state index contributed by atoms with van der Waals surface area (Å²) < 4.78 is 4.88. The number of alkyl carbamates (subject to hydrolysis) is 1. The Morgan fingerprint density at radius 2 is 1.86 bits per heavy atom. The molecule has 2 aromatic rings. The Labute approximate surface area is 124 Å². The van der Waals surface area contributed by atoms with Crippen LogP contribution >= 0.6 is 0 Å². The molecule has 3 rings (SSSR count). The molecule has 1 saturated heterocycles. The van der Waals surface area contributed by atoms with Crippen molar-refractivity contribution in [2.24, 2.45) is 0 Å². The topological polar surface area (TPSA) is 50.4 Å². The summed E-state index contributed by atoms with van der Waals surface area (Å²) >= 11 is 0. The minimum atomic E-state index is -0.336. The van der Waals surface area contributed by atoms with Crippen LogP contribution in [0.5, 0.6) is 0 Å². The van der Waals surface area contributed by atoms with Gasteiger partial charge >= 0.3 is 6.09 Å². The molecule has 2 aromatic carbocycles. The number of hydrogen-bond donors (Lipinski definition) is 2. The molecular weight excluding hydrogens is 264 g/mol. The molecule has 0 spiro atoms. The average Bonchev–Trinajstić information content (AvgIpc) is 2.54. The molecule has 0 bridgehead atoms. The maximum atomic E-state index is 11.2. The maximum absolute atomic E-state index is 11.2. The van der Waals surface area contributed by atoms with Gasteiger partial charge in [-0.15, -0.1) is 0 Å². The lowest BCUT2D eigenvalue weighted by molar-refractivity contribution is 0.115. The van der Waals surface area contributed by atoms with Gasteiger partial charge in [0.2, 0.25) is 0 Å². The Morgan fingerprint density at radius 3 is 2.57 bits per heavy atom. The highest BCUT2D eigenvalue weighted by atomic mass is 16.5. The minimum Gasteiger partial charge on any atom is -0.449 e. The second-order valence-corrected chi connectivity index (χ2v) is 5.08. The Balaban J connectivity index is 1.60. The van der Waals surface area contributed by atoms with Crippen molar-refractivity contribution in [1.29, 1.82) is 0 Å². The van der Waals surface area contributed by atoms with E-state index in [0.29, 0.717) is 6.61 Å². The monoisotopic (exact) mass is 282 g/mol. The number of cyclic esters (lactones) is 1. The van der Waals surface area contributed by atoms with E-state index in [2.05, 4.69) is 22.8 Å². The third-order valence-corrected chi connectivity index (χ3v) is 3.58. The van der Waals surface area contributed by atoms with Crippen LogP contribution in [-0.4, -0.2) is 12.7 Å². The van der Waals surface area contributed by atoms with Crippen molar-refractivity contribution in [3.05, 3.63) is 65.7 Å². The van der Waals surface area contributed by atoms with Gasteiger partial charge in [-0.05, 0) is 23.3 Å². The van der Waals surface area contributed by atoms with E-state index < -0.39 is 0 Å². The zero-order chi connectivity index (χ0) is 14.5. The second-order valence-electron chi connectivity index (χ2n) is 5.08. The van der Waals surface area contributed by atoms with E-state index >= 15 is 0 Å². The summed E-state index contributed by atoms with van der Waals surface area (Å²) in [7, 11) is 0. The summed E-state index contributed by atoms with van der Waals surface area (Å²) in [5.41, 5.74) is 3.43. The van der Waals surface area contributed by atoms with Gasteiger partial charge in [0.15, 0.2) is 0 Å². The van der Waals surface area contributed by atoms with E-state index in [0.717, 1.165) is 24.2 Å². The normalized spacial score (nSPS) is 17.7. The van der Waals surface area contributed by atoms with E-state index in [1.165, 1.54) is 5.56 Å². The van der Waals surface area contributed by atoms with Gasteiger partial charge in [0.1, 0.15) is 0 Å². The largest absolute Gasteiger partial charge is 0.449 e. The first-order valence-corrected chi connectivity index (χ1v) is 7.12. The molecular formula is C17H18N2O2. The third-order valence-electron chi connectivity index (χ3n) is 3.58. The molecule has 21 heavy (non-hydrogen) atoms. The van der Waals surface area contributed by atoms with Crippen molar-refractivity contribution in [3.8, 4) is 0 Å². The smallest absolute Gasteiger partial charge is 0.407 e. The summed E-state index contributed by atoms with van der Waals surface area (Å²) in [6.07, 6.45) is 0.472. The van der Waals surface area contributed by atoms with Crippen LogP contribution in [0.4, 0.5) is 10.5 Å². The first-order chi connectivity index (χ1) is 10.3. The van der Waals surface area contributed by atoms with Crippen LogP contribution in [0.15, 0.2) is 54.6 Å². The molecule has 1 heterocycles. The van der Waals surface area contributed by atoms with Gasteiger partial charge < -0.3 is 15.4 Å². The van der Waals surface area contributed by atoms with Gasteiger partial charge in [-0.3, -0.25) is 0 Å². The highest BCUT2D eigenvalue weighted by Gasteiger charge is 2.20. The predicted molar refractivity (Wildman–Crippen MR) is 82.1 cm³/mol. The Bertz CT molecular complexity index is 596. The van der Waals surface area contributed by atoms with E-state index in [1.54, 1.807) is 0 Å². The fraction of sp³-hybridized carbons (Fsp3) is 0.235. The summed E-state index contributed by atoms with van der Waals surface area (Å²) in [6.45, 7) is 1.28. The van der Waals surface area contributed by atoms with Crippen LogP contribution in [0.3, 0.4) is 0 Å². The average molecular weight is 282 g/mol. The van der Waals surface area contributed by atoms with Crippen molar-refractivity contribution in [3.63, 3.8) is 0 Å². The number of ether oxygens (including phenoxy) is 1. The quantitative estimate of drug-likeness (QED) is 0.902. The molecule has 1 aliphatic heterocycles. The van der Waals surface area contributed by atoms with Gasteiger partial charge in [0.25, 0.3) is 0 Å². The minimum absolute atomic E-state index is 0.0504. The van der Waals surface area contributed by atoms with Crippen LogP contribution in [-0.2, 0) is 11.3 Å². The van der Waals surface area contributed by atoms with Gasteiger partial charge in [-0.2, -0.15) is 0 Å². The molecule has 0 radical (unpaired) electrons. The molecule has 4 heteroatoms. The van der Waals surface area contributed by atoms with Crippen molar-refractivity contribution >= 4 is 11.8 Å². The molecule has 0 unspecified atom stereocenters. The molecule has 108 valence electrons. The second kappa shape index (κ2) is 6.31. The Hall–Kier alpha value is -2.49. The lowest BCUT2D eigenvalue weighted by atomic mass is 10.0. The fourth-order valence-corrected chi connectivity index (χ4v) is 2.41. The van der Waals surface area contributed by atoms with Gasteiger partial charge in [-0.25, -0.2) is 4.79 Å². The van der Waals surface area contributed by atoms with E-state index in [4.69, 9.17) is 4.74 Å². The number of anilines is 1. The molecule has 1 aliphatic rings. The summed E-state index contributed by atoms with van der Waals surface area (Å²) in [4.78, 5) is 11.2. The SMILES string of the molecule is O=C1N[C@H](c2ccc(NCc3ccccc3)cc2)CCO1. The molecule has 0 aliphatic carbocycles. The number of amides is 1. The number of nitrogens with one attached hydrogen (secondary N) is 2. The van der Waals surface area contributed by atoms with E-state index in [9.17, 15) is 4.79 Å². The van der Waals surface area contributed by atoms with Crippen LogP contribution in [0.1, 0.15) is 23.6 Å². The molecule has 1 amide bonds. The molecule has 4 nitrogen and oxygen atoms in total. The van der Waals surface area contributed by atoms with Crippen molar-refractivity contribution in [2.75, 3.05) is 11.9 Å². The van der Waals surface area contributed by atoms with Crippen molar-refractivity contribution in [1.82, 2.24) is 5.32 Å². The first kappa shape index (κ1) is 13.5. The number of carbonyl (C=O) groups excluding carboxylic acids is 1. The van der Waals surface area contributed by atoms with Gasteiger partial charge in [-0.1, -0.05) is 42.5 Å². The van der Waals surface area contributed by atoms with Gasteiger partial charge in [0.05, 0.1) is 12.6 Å². The van der Waals surface area contributed by atoms with Crippen molar-refractivity contribution < 1.29 is 9.53 Å². The summed E-state index contributed by atoms with van der Waals surface area (Å²) in [6, 6.07) is 18.5. The van der Waals surface area contributed by atoms with Crippen LogP contribution < -0.4 is 10.6 Å². The van der Waals surface area contributed by atoms with Crippen LogP contribution in [0.2, 0.25) is 0 Å². The predicted octanol–water partition coefficient (Wildman–Crippen LogP) is 3.47. The number of rotatable bonds is 4. The van der Waals surface area contributed by atoms with Crippen molar-refractivity contribution in [2.45, 2.75) is 19.0 Å². The molecule has 2 N–H and O–H groups in total. The van der Waals surface area contributed by atoms with Crippen LogP contribution in [0, 0.1) is 0 Å². The van der Waals surface area contributed by atoms with Crippen LogP contribution in [0.25, 0.3) is 0 Å². The maximum Gasteiger partial charge on any atom is 0.407 e. The zero-order valence-corrected chi connectivity index (χ0v) is 11.7. The summed E-state index contributed by atoms with van der Waals surface area (Å²) in [5.74, 6) is 0. The first-order valence-electron chi connectivity index (χ1n) is 7.12. The lowest BCUT2D eigenvalue weighted by Crippen LogP contribution is -2.35. The highest BCUT2D eigenvalue weighted by molar-refractivity contribution is 5.68. The highest BCUT2D eigenvalue weighted by Crippen LogP contribution is 2.22. The lowest BCUT2D eigenvalue weighted by Gasteiger charge is -2.23. The third kappa shape index (κ3) is 3.54. The molecule has 0 saturated carbocycles. The summed E-state index contributed by atoms with van der Waals surface area (Å²) in [5, 5.41) is 6.22. The van der Waals surface area contributed by atoms with E-state index in [-0.39, 0.29) is 12.1 Å². The molecule has 1 fully saturated rings. The fourth-order valence-electron chi connectivity index (χ4n) is 2.41. The number of benzene rings is 2. The Kier molecular flexibility index (Phi) is 4.05. The van der Waals surface area contributed by atoms with E-state index in [1.807, 2.05) is 42.5 Å². The zero-order valence-electron chi connectivity index (χ0n) is 11.7. The molecule has 1 atom stereocenters. The number of hydrogen-bond acceptors (Lipinski definition) is 3. The Morgan fingerprint density at radius 1 is 1.10 bits per heavy atom. The standard InChI is InChI=1S/C17H18N2O2/c20-17-19-16(10-11-21-17)14-6-8-15(9-7-14)18-12-13-4-2-1-3-5-13/h1-9,16,18H,10-12H2,(H,19,20)/t16-/m0/s1.